The molecule has 0 N–H and O–H groups in total. The van der Waals surface area contributed by atoms with E-state index in [0.29, 0.717) is 12.1 Å². The van der Waals surface area contributed by atoms with E-state index in [-0.39, 0.29) is 0 Å². The zero-order valence-corrected chi connectivity index (χ0v) is 16.5. The Bertz CT molecular complexity index is 924. The van der Waals surface area contributed by atoms with Crippen LogP contribution in [-0.2, 0) is 0 Å². The van der Waals surface area contributed by atoms with Gasteiger partial charge in [-0.2, -0.15) is 52.7 Å². The summed E-state index contributed by atoms with van der Waals surface area (Å²) in [5.41, 5.74) is 0. The van der Waals surface area contributed by atoms with Crippen molar-refractivity contribution in [1.29, 1.82) is 0 Å². The lowest BCUT2D eigenvalue weighted by Gasteiger charge is -2.31. The molecule has 15 heteroatoms. The van der Waals surface area contributed by atoms with Crippen LogP contribution >= 0.6 is 31.1 Å². The summed E-state index contributed by atoms with van der Waals surface area (Å²) >= 11 is 10.1. The Morgan fingerprint density at radius 3 is 1.10 bits per heavy atom. The van der Waals surface area contributed by atoms with Gasteiger partial charge in [0.25, 0.3) is 0 Å². The molecule has 0 aliphatic heterocycles. The Labute approximate surface area is 176 Å². The number of hydrogen-bond acceptors (Lipinski definition) is 0. The zero-order valence-electron chi connectivity index (χ0n) is 14.1. The number of benzene rings is 1. The van der Waals surface area contributed by atoms with E-state index in [1.54, 1.807) is 0 Å². The average molecular weight is 527 g/mol. The maximum absolute atomic E-state index is 14.4. The van der Waals surface area contributed by atoms with Crippen molar-refractivity contribution in [2.45, 2.75) is 35.5 Å². The van der Waals surface area contributed by atoms with E-state index < -0.39 is 69.5 Å². The van der Waals surface area contributed by atoms with Gasteiger partial charge in [-0.15, -0.1) is 0 Å². The first kappa shape index (κ1) is 24.5. The minimum absolute atomic E-state index is 0.634. The minimum atomic E-state index is -6.27. The molecular formula is C16H5Cl2F12P. The molecule has 2 aliphatic rings. The molecule has 0 unspecified atom stereocenters. The van der Waals surface area contributed by atoms with Crippen LogP contribution in [0.1, 0.15) is 0 Å². The fourth-order valence-electron chi connectivity index (χ4n) is 2.96. The molecule has 0 amide bonds. The highest BCUT2D eigenvalue weighted by Gasteiger charge is 2.85. The Morgan fingerprint density at radius 2 is 0.839 bits per heavy atom. The fourth-order valence-corrected chi connectivity index (χ4v) is 6.67. The second kappa shape index (κ2) is 6.70. The lowest BCUT2D eigenvalue weighted by atomic mass is 10.2. The SMILES string of the molecule is FC1(F)C(Cl)=C(P(C2=C(Cl)C(F)(F)C(F)(F)C2(F)F)c2ccccc2)C(F)(F)C1(F)F. The molecule has 0 fully saturated rings. The van der Waals surface area contributed by atoms with E-state index in [2.05, 4.69) is 0 Å². The number of alkyl halides is 12. The number of allylic oxidation sites excluding steroid dienone is 4. The van der Waals surface area contributed by atoms with Crippen molar-refractivity contribution in [2.75, 3.05) is 0 Å². The molecule has 1 aromatic rings. The normalized spacial score (nSPS) is 27.3. The van der Waals surface area contributed by atoms with Gasteiger partial charge in [0, 0.05) is 0 Å². The predicted molar refractivity (Wildman–Crippen MR) is 88.4 cm³/mol. The fraction of sp³-hybridized carbons (Fsp3) is 0.375. The van der Waals surface area contributed by atoms with Crippen molar-refractivity contribution in [1.82, 2.24) is 0 Å². The Hall–Kier alpha value is -1.13. The minimum Gasteiger partial charge on any atom is -0.194 e. The Morgan fingerprint density at radius 1 is 0.516 bits per heavy atom. The highest BCUT2D eigenvalue weighted by atomic mass is 35.5. The summed E-state index contributed by atoms with van der Waals surface area (Å²) < 4.78 is 169. The topological polar surface area (TPSA) is 0 Å². The molecule has 31 heavy (non-hydrogen) atoms. The second-order valence-corrected chi connectivity index (χ2v) is 9.28. The highest BCUT2D eigenvalue weighted by molar-refractivity contribution is 7.74. The first-order chi connectivity index (χ1) is 13.8. The molecule has 0 bridgehead atoms. The van der Waals surface area contributed by atoms with Gasteiger partial charge in [-0.1, -0.05) is 53.5 Å². The standard InChI is InChI=1S/C16H5Cl2F12P/c17-7-9(13(23,24)15(27,28)11(7,19)20)31(6-4-2-1-3-5-6)10-8(18)12(21,22)16(29,30)14(10,25)26/h1-5H. The van der Waals surface area contributed by atoms with Gasteiger partial charge >= 0.3 is 35.5 Å². The van der Waals surface area contributed by atoms with E-state index in [4.69, 9.17) is 23.2 Å². The van der Waals surface area contributed by atoms with Crippen molar-refractivity contribution in [2.24, 2.45) is 0 Å². The number of rotatable bonds is 3. The van der Waals surface area contributed by atoms with Crippen molar-refractivity contribution in [3.63, 3.8) is 0 Å². The summed E-state index contributed by atoms with van der Waals surface area (Å²) in [4.78, 5) is 0. The van der Waals surface area contributed by atoms with Gasteiger partial charge < -0.3 is 0 Å². The molecule has 172 valence electrons. The van der Waals surface area contributed by atoms with Gasteiger partial charge in [0.2, 0.25) is 0 Å². The average Bonchev–Trinajstić information content (AvgIpc) is 2.80. The quantitative estimate of drug-likeness (QED) is 0.282. The maximum Gasteiger partial charge on any atom is 0.381 e. The molecule has 0 saturated heterocycles. The largest absolute Gasteiger partial charge is 0.381 e. The predicted octanol–water partition coefficient (Wildman–Crippen LogP) is 7.53. The number of hydrogen-bond donors (Lipinski definition) is 0. The van der Waals surface area contributed by atoms with Gasteiger partial charge in [-0.05, 0) is 13.2 Å². The van der Waals surface area contributed by atoms with Crippen LogP contribution in [0.15, 0.2) is 51.0 Å². The van der Waals surface area contributed by atoms with Crippen LogP contribution in [0.25, 0.3) is 0 Å². The van der Waals surface area contributed by atoms with Crippen LogP contribution in [0.4, 0.5) is 52.7 Å². The maximum atomic E-state index is 14.4. The van der Waals surface area contributed by atoms with Crippen LogP contribution in [-0.4, -0.2) is 35.5 Å². The monoisotopic (exact) mass is 526 g/mol. The third kappa shape index (κ3) is 2.76. The van der Waals surface area contributed by atoms with E-state index in [9.17, 15) is 52.7 Å². The summed E-state index contributed by atoms with van der Waals surface area (Å²) in [6.07, 6.45) is 0. The molecule has 0 spiro atoms. The molecule has 3 rings (SSSR count). The third-order valence-electron chi connectivity index (χ3n) is 4.60. The van der Waals surface area contributed by atoms with Crippen LogP contribution in [0.5, 0.6) is 0 Å². The molecule has 0 saturated carbocycles. The zero-order chi connectivity index (χ0) is 24.0. The van der Waals surface area contributed by atoms with Gasteiger partial charge in [-0.3, -0.25) is 0 Å². The summed E-state index contributed by atoms with van der Waals surface area (Å²) in [5.74, 6) is -36.1. The molecule has 0 heterocycles. The molecule has 0 radical (unpaired) electrons. The summed E-state index contributed by atoms with van der Waals surface area (Å²) in [7, 11) is -4.27. The Balaban J connectivity index is 2.45. The van der Waals surface area contributed by atoms with E-state index in [1.807, 2.05) is 0 Å². The van der Waals surface area contributed by atoms with Crippen molar-refractivity contribution in [3.05, 3.63) is 51.0 Å². The molecule has 1 aromatic carbocycles. The Kier molecular flexibility index (Phi) is 5.29. The smallest absolute Gasteiger partial charge is 0.194 e. The summed E-state index contributed by atoms with van der Waals surface area (Å²) in [5, 5.41) is -11.3. The van der Waals surface area contributed by atoms with Gasteiger partial charge in [0.05, 0.1) is 10.6 Å². The first-order valence-corrected chi connectivity index (χ1v) is 9.82. The van der Waals surface area contributed by atoms with E-state index in [1.165, 1.54) is 0 Å². The lowest BCUT2D eigenvalue weighted by Crippen LogP contribution is -2.50. The molecule has 2 aliphatic carbocycles. The van der Waals surface area contributed by atoms with Crippen LogP contribution < -0.4 is 5.30 Å². The van der Waals surface area contributed by atoms with E-state index >= 15 is 0 Å². The molecular weight excluding hydrogens is 522 g/mol. The summed E-state index contributed by atoms with van der Waals surface area (Å²) in [6.45, 7) is 0. The van der Waals surface area contributed by atoms with Gasteiger partial charge in [0.1, 0.15) is 10.1 Å². The highest BCUT2D eigenvalue weighted by Crippen LogP contribution is 2.76. The van der Waals surface area contributed by atoms with Crippen LogP contribution in [0.3, 0.4) is 0 Å². The third-order valence-corrected chi connectivity index (χ3v) is 8.43. The summed E-state index contributed by atoms with van der Waals surface area (Å²) in [6, 6.07) is 4.24. The van der Waals surface area contributed by atoms with E-state index in [0.717, 1.165) is 18.2 Å². The van der Waals surface area contributed by atoms with Gasteiger partial charge in [-0.25, -0.2) is 0 Å². The van der Waals surface area contributed by atoms with Crippen molar-refractivity contribution in [3.8, 4) is 0 Å². The lowest BCUT2D eigenvalue weighted by molar-refractivity contribution is -0.262. The molecule has 0 aromatic heterocycles. The van der Waals surface area contributed by atoms with Crippen LogP contribution in [0.2, 0.25) is 0 Å². The molecule has 0 atom stereocenters. The second-order valence-electron chi connectivity index (χ2n) is 6.44. The van der Waals surface area contributed by atoms with Gasteiger partial charge in [0.15, 0.2) is 0 Å². The molecule has 0 nitrogen and oxygen atoms in total. The first-order valence-electron chi connectivity index (χ1n) is 7.73. The number of halogens is 14. The van der Waals surface area contributed by atoms with Crippen molar-refractivity contribution < 1.29 is 52.7 Å². The van der Waals surface area contributed by atoms with Crippen molar-refractivity contribution >= 4 is 36.4 Å². The van der Waals surface area contributed by atoms with Crippen LogP contribution in [0, 0.1) is 0 Å².